The Kier molecular flexibility index (Phi) is 2.72. The van der Waals surface area contributed by atoms with E-state index in [2.05, 4.69) is 20.5 Å². The molecule has 0 aliphatic rings. The van der Waals surface area contributed by atoms with Crippen molar-refractivity contribution in [1.82, 2.24) is 25.2 Å². The summed E-state index contributed by atoms with van der Waals surface area (Å²) in [5, 5.41) is 9.89. The van der Waals surface area contributed by atoms with Gasteiger partial charge in [-0.1, -0.05) is 10.3 Å². The second-order valence-corrected chi connectivity index (χ2v) is 3.07. The molecule has 0 unspecified atom stereocenters. The second kappa shape index (κ2) is 4.18. The number of pyridine rings is 1. The van der Waals surface area contributed by atoms with Crippen LogP contribution in [0.1, 0.15) is 6.92 Å². The fourth-order valence-corrected chi connectivity index (χ4v) is 1.29. The van der Waals surface area contributed by atoms with Gasteiger partial charge in [0, 0.05) is 6.07 Å². The zero-order chi connectivity index (χ0) is 10.7. The van der Waals surface area contributed by atoms with Gasteiger partial charge < -0.3 is 4.74 Å². The average molecular weight is 223 g/mol. The van der Waals surface area contributed by atoms with Gasteiger partial charge in [0.25, 0.3) is 0 Å². The number of hydrogen-bond donors (Lipinski definition) is 1. The molecule has 1 N–H and O–H groups in total. The highest BCUT2D eigenvalue weighted by Gasteiger charge is 2.00. The standard InChI is InChI=1S/C8H9N5OS/c1-2-14-7-4-3-6(5-9-7)13-8(15)10-11-12-13/h3-5H,2H2,1H3,(H,10,12,15). The summed E-state index contributed by atoms with van der Waals surface area (Å²) in [6.07, 6.45) is 1.64. The summed E-state index contributed by atoms with van der Waals surface area (Å²) in [6, 6.07) is 3.59. The van der Waals surface area contributed by atoms with Crippen molar-refractivity contribution in [1.29, 1.82) is 0 Å². The first-order valence-corrected chi connectivity index (χ1v) is 4.81. The maximum absolute atomic E-state index is 5.22. The van der Waals surface area contributed by atoms with Crippen molar-refractivity contribution < 1.29 is 4.74 Å². The van der Waals surface area contributed by atoms with Gasteiger partial charge in [-0.3, -0.25) is 0 Å². The molecule has 6 nitrogen and oxygen atoms in total. The van der Waals surface area contributed by atoms with Crippen molar-refractivity contribution in [3.63, 3.8) is 0 Å². The van der Waals surface area contributed by atoms with Gasteiger partial charge >= 0.3 is 0 Å². The second-order valence-electron chi connectivity index (χ2n) is 2.71. The Morgan fingerprint density at radius 2 is 2.40 bits per heavy atom. The number of hydrogen-bond acceptors (Lipinski definition) is 5. The van der Waals surface area contributed by atoms with Crippen LogP contribution in [0, 0.1) is 4.77 Å². The molecule has 0 aromatic carbocycles. The van der Waals surface area contributed by atoms with E-state index in [1.165, 1.54) is 0 Å². The van der Waals surface area contributed by atoms with Crippen molar-refractivity contribution in [3.05, 3.63) is 23.1 Å². The smallest absolute Gasteiger partial charge is 0.242 e. The molecule has 0 bridgehead atoms. The topological polar surface area (TPSA) is 68.6 Å². The van der Waals surface area contributed by atoms with E-state index in [1.807, 2.05) is 13.0 Å². The Bertz CT molecular complexity index is 488. The average Bonchev–Trinajstić information content (AvgIpc) is 2.66. The quantitative estimate of drug-likeness (QED) is 0.790. The summed E-state index contributed by atoms with van der Waals surface area (Å²) >= 11 is 4.95. The Hall–Kier alpha value is -1.76. The van der Waals surface area contributed by atoms with Crippen LogP contribution in [-0.2, 0) is 0 Å². The van der Waals surface area contributed by atoms with E-state index in [9.17, 15) is 0 Å². The number of tetrazole rings is 1. The van der Waals surface area contributed by atoms with E-state index in [-0.39, 0.29) is 0 Å². The minimum absolute atomic E-state index is 0.362. The Balaban J connectivity index is 2.32. The zero-order valence-corrected chi connectivity index (χ0v) is 8.86. The summed E-state index contributed by atoms with van der Waals surface area (Å²) in [6.45, 7) is 2.50. The molecular weight excluding hydrogens is 214 g/mol. The van der Waals surface area contributed by atoms with Gasteiger partial charge in [-0.25, -0.2) is 9.67 Å². The molecule has 0 aliphatic heterocycles. The number of rotatable bonds is 3. The first-order chi connectivity index (χ1) is 7.31. The molecule has 0 fully saturated rings. The highest BCUT2D eigenvalue weighted by molar-refractivity contribution is 7.71. The van der Waals surface area contributed by atoms with Crippen LogP contribution in [0.2, 0.25) is 0 Å². The molecule has 0 radical (unpaired) electrons. The lowest BCUT2D eigenvalue weighted by molar-refractivity contribution is 0.327. The maximum atomic E-state index is 5.22. The fourth-order valence-electron chi connectivity index (χ4n) is 1.10. The normalized spacial score (nSPS) is 10.2. The van der Waals surface area contributed by atoms with Crippen molar-refractivity contribution in [2.75, 3.05) is 6.61 Å². The molecule has 0 saturated carbocycles. The summed E-state index contributed by atoms with van der Waals surface area (Å²) in [5.74, 6) is 0.584. The zero-order valence-electron chi connectivity index (χ0n) is 8.04. The minimum Gasteiger partial charge on any atom is -0.478 e. The molecular formula is C8H9N5OS. The van der Waals surface area contributed by atoms with Crippen LogP contribution < -0.4 is 4.74 Å². The third-order valence-electron chi connectivity index (χ3n) is 1.74. The third-order valence-corrected chi connectivity index (χ3v) is 2.01. The number of aromatic nitrogens is 5. The maximum Gasteiger partial charge on any atom is 0.242 e. The molecule has 78 valence electrons. The van der Waals surface area contributed by atoms with E-state index >= 15 is 0 Å². The van der Waals surface area contributed by atoms with Gasteiger partial charge in [-0.05, 0) is 25.2 Å². The Morgan fingerprint density at radius 3 is 2.93 bits per heavy atom. The predicted octanol–water partition coefficient (Wildman–Crippen LogP) is 1.12. The minimum atomic E-state index is 0.362. The van der Waals surface area contributed by atoms with Crippen LogP contribution in [0.25, 0.3) is 5.69 Å². The van der Waals surface area contributed by atoms with Gasteiger partial charge in [0.1, 0.15) is 0 Å². The molecule has 0 saturated heterocycles. The van der Waals surface area contributed by atoms with Crippen molar-refractivity contribution in [2.24, 2.45) is 0 Å². The van der Waals surface area contributed by atoms with Crippen molar-refractivity contribution in [2.45, 2.75) is 6.92 Å². The lowest BCUT2D eigenvalue weighted by Crippen LogP contribution is -1.99. The van der Waals surface area contributed by atoms with Gasteiger partial charge in [-0.2, -0.15) is 5.21 Å². The SMILES string of the molecule is CCOc1ccc(-n2[nH]nnc2=S)cn1. The summed E-state index contributed by atoms with van der Waals surface area (Å²) in [4.78, 5) is 4.10. The van der Waals surface area contributed by atoms with E-state index < -0.39 is 0 Å². The molecule has 2 aromatic heterocycles. The van der Waals surface area contributed by atoms with Crippen LogP contribution in [0.4, 0.5) is 0 Å². The molecule has 0 aliphatic carbocycles. The molecule has 0 spiro atoms. The molecule has 7 heteroatoms. The molecule has 2 heterocycles. The first-order valence-electron chi connectivity index (χ1n) is 4.40. The van der Waals surface area contributed by atoms with Crippen LogP contribution in [-0.4, -0.2) is 31.8 Å². The van der Waals surface area contributed by atoms with E-state index in [0.717, 1.165) is 5.69 Å². The highest BCUT2D eigenvalue weighted by Crippen LogP contribution is 2.10. The van der Waals surface area contributed by atoms with Crippen molar-refractivity contribution in [3.8, 4) is 11.6 Å². The van der Waals surface area contributed by atoms with Gasteiger partial charge in [-0.15, -0.1) is 0 Å². The molecule has 2 aromatic rings. The Labute approximate surface area is 90.9 Å². The number of H-pyrrole nitrogens is 1. The van der Waals surface area contributed by atoms with Gasteiger partial charge in [0.15, 0.2) is 0 Å². The summed E-state index contributed by atoms with van der Waals surface area (Å²) in [5.41, 5.74) is 0.772. The highest BCUT2D eigenvalue weighted by atomic mass is 32.1. The van der Waals surface area contributed by atoms with E-state index in [1.54, 1.807) is 16.9 Å². The monoisotopic (exact) mass is 223 g/mol. The fraction of sp³-hybridized carbons (Fsp3) is 0.250. The number of nitrogens with one attached hydrogen (secondary N) is 1. The van der Waals surface area contributed by atoms with Gasteiger partial charge in [0.05, 0.1) is 18.5 Å². The van der Waals surface area contributed by atoms with Crippen LogP contribution in [0.15, 0.2) is 18.3 Å². The van der Waals surface area contributed by atoms with E-state index in [0.29, 0.717) is 17.3 Å². The van der Waals surface area contributed by atoms with E-state index in [4.69, 9.17) is 17.0 Å². The molecule has 0 atom stereocenters. The lowest BCUT2D eigenvalue weighted by Gasteiger charge is -2.03. The van der Waals surface area contributed by atoms with Crippen LogP contribution in [0.3, 0.4) is 0 Å². The Morgan fingerprint density at radius 1 is 1.53 bits per heavy atom. The number of nitrogens with zero attached hydrogens (tertiary/aromatic N) is 4. The summed E-state index contributed by atoms with van der Waals surface area (Å²) in [7, 11) is 0. The first kappa shape index (κ1) is 9.78. The molecule has 15 heavy (non-hydrogen) atoms. The lowest BCUT2D eigenvalue weighted by atomic mass is 10.4. The largest absolute Gasteiger partial charge is 0.478 e. The predicted molar refractivity (Wildman–Crippen MR) is 55.5 cm³/mol. The number of ether oxygens (including phenoxy) is 1. The van der Waals surface area contributed by atoms with Gasteiger partial charge in [0.2, 0.25) is 10.7 Å². The summed E-state index contributed by atoms with van der Waals surface area (Å²) < 4.78 is 7.14. The molecule has 0 amide bonds. The third kappa shape index (κ3) is 2.01. The van der Waals surface area contributed by atoms with Crippen LogP contribution >= 0.6 is 12.2 Å². The molecule has 2 rings (SSSR count). The van der Waals surface area contributed by atoms with Crippen LogP contribution in [0.5, 0.6) is 5.88 Å². The number of aromatic amines is 1. The van der Waals surface area contributed by atoms with Crippen molar-refractivity contribution >= 4 is 12.2 Å².